The SMILES string of the molecule is CC(C)CCCCCCNC(N)=NCC1CCCO1.I. The largest absolute Gasteiger partial charge is 0.376 e. The highest BCUT2D eigenvalue weighted by Gasteiger charge is 2.14. The molecule has 20 heavy (non-hydrogen) atoms. The van der Waals surface area contributed by atoms with Crippen LogP contribution in [0.5, 0.6) is 0 Å². The van der Waals surface area contributed by atoms with Crippen LogP contribution in [0.15, 0.2) is 4.99 Å². The van der Waals surface area contributed by atoms with E-state index in [-0.39, 0.29) is 30.1 Å². The van der Waals surface area contributed by atoms with Crippen molar-refractivity contribution in [3.63, 3.8) is 0 Å². The fourth-order valence-corrected chi connectivity index (χ4v) is 2.29. The van der Waals surface area contributed by atoms with E-state index >= 15 is 0 Å². The number of hydrogen-bond acceptors (Lipinski definition) is 2. The molecule has 1 fully saturated rings. The summed E-state index contributed by atoms with van der Waals surface area (Å²) < 4.78 is 5.50. The monoisotopic (exact) mass is 397 g/mol. The molecule has 1 heterocycles. The maximum absolute atomic E-state index is 5.82. The topological polar surface area (TPSA) is 59.6 Å². The first-order chi connectivity index (χ1) is 9.18. The van der Waals surface area contributed by atoms with Gasteiger partial charge in [-0.3, -0.25) is 4.99 Å². The molecule has 1 rings (SSSR count). The molecule has 0 saturated carbocycles. The van der Waals surface area contributed by atoms with Crippen LogP contribution in [0.2, 0.25) is 0 Å². The van der Waals surface area contributed by atoms with Gasteiger partial charge in [-0.15, -0.1) is 24.0 Å². The van der Waals surface area contributed by atoms with Gasteiger partial charge >= 0.3 is 0 Å². The smallest absolute Gasteiger partial charge is 0.188 e. The van der Waals surface area contributed by atoms with Gasteiger partial charge in [0.25, 0.3) is 0 Å². The summed E-state index contributed by atoms with van der Waals surface area (Å²) >= 11 is 0. The second kappa shape index (κ2) is 12.7. The molecular formula is C15H32IN3O. The highest BCUT2D eigenvalue weighted by Crippen LogP contribution is 2.11. The summed E-state index contributed by atoms with van der Waals surface area (Å²) in [6.45, 7) is 7.08. The van der Waals surface area contributed by atoms with E-state index in [1.807, 2.05) is 0 Å². The standard InChI is InChI=1S/C15H31N3O.HI/c1-13(2)8-5-3-4-6-10-17-15(16)18-12-14-9-7-11-19-14;/h13-14H,3-12H2,1-2H3,(H3,16,17,18);1H. The van der Waals surface area contributed by atoms with Gasteiger partial charge in [0, 0.05) is 13.2 Å². The average Bonchev–Trinajstić information content (AvgIpc) is 2.88. The Hall–Kier alpha value is -0.0400. The van der Waals surface area contributed by atoms with Crippen LogP contribution in [0.1, 0.15) is 58.8 Å². The third kappa shape index (κ3) is 10.7. The molecule has 0 amide bonds. The zero-order chi connectivity index (χ0) is 13.9. The highest BCUT2D eigenvalue weighted by molar-refractivity contribution is 14.0. The summed E-state index contributed by atoms with van der Waals surface area (Å²) in [5.41, 5.74) is 5.82. The van der Waals surface area contributed by atoms with Crippen LogP contribution in [-0.2, 0) is 4.74 Å². The average molecular weight is 397 g/mol. The Morgan fingerprint density at radius 3 is 2.70 bits per heavy atom. The predicted molar refractivity (Wildman–Crippen MR) is 96.8 cm³/mol. The molecule has 5 heteroatoms. The third-order valence-corrected chi connectivity index (χ3v) is 3.50. The Kier molecular flexibility index (Phi) is 12.7. The van der Waals surface area contributed by atoms with Crippen molar-refractivity contribution < 1.29 is 4.74 Å². The molecule has 120 valence electrons. The molecule has 0 spiro atoms. The number of ether oxygens (including phenoxy) is 1. The van der Waals surface area contributed by atoms with E-state index in [0.717, 1.165) is 31.9 Å². The molecule has 1 unspecified atom stereocenters. The molecule has 4 nitrogen and oxygen atoms in total. The zero-order valence-electron chi connectivity index (χ0n) is 13.1. The van der Waals surface area contributed by atoms with Gasteiger partial charge in [-0.05, 0) is 25.2 Å². The van der Waals surface area contributed by atoms with Gasteiger partial charge in [-0.2, -0.15) is 0 Å². The van der Waals surface area contributed by atoms with E-state index in [0.29, 0.717) is 12.5 Å². The van der Waals surface area contributed by atoms with E-state index in [1.165, 1.54) is 32.1 Å². The van der Waals surface area contributed by atoms with Crippen LogP contribution in [-0.4, -0.2) is 31.8 Å². The lowest BCUT2D eigenvalue weighted by atomic mass is 10.0. The fraction of sp³-hybridized carbons (Fsp3) is 0.933. The van der Waals surface area contributed by atoms with Crippen LogP contribution in [0.25, 0.3) is 0 Å². The van der Waals surface area contributed by atoms with Crippen molar-refractivity contribution in [1.82, 2.24) is 5.32 Å². The van der Waals surface area contributed by atoms with Crippen molar-refractivity contribution in [3.8, 4) is 0 Å². The van der Waals surface area contributed by atoms with Gasteiger partial charge in [0.05, 0.1) is 12.6 Å². The van der Waals surface area contributed by atoms with Gasteiger partial charge in [0.15, 0.2) is 5.96 Å². The van der Waals surface area contributed by atoms with Crippen molar-refractivity contribution in [1.29, 1.82) is 0 Å². The second-order valence-electron chi connectivity index (χ2n) is 5.88. The summed E-state index contributed by atoms with van der Waals surface area (Å²) in [4.78, 5) is 4.32. The molecule has 0 aromatic heterocycles. The summed E-state index contributed by atoms with van der Waals surface area (Å²) in [5.74, 6) is 1.40. The number of halogens is 1. The molecule has 1 atom stereocenters. The first-order valence-electron chi connectivity index (χ1n) is 7.84. The lowest BCUT2D eigenvalue weighted by molar-refractivity contribution is 0.118. The number of rotatable bonds is 9. The first kappa shape index (κ1) is 20.0. The zero-order valence-corrected chi connectivity index (χ0v) is 15.4. The number of unbranched alkanes of at least 4 members (excludes halogenated alkanes) is 3. The van der Waals surface area contributed by atoms with Gasteiger partial charge in [0.2, 0.25) is 0 Å². The van der Waals surface area contributed by atoms with E-state index in [4.69, 9.17) is 10.5 Å². The van der Waals surface area contributed by atoms with E-state index in [1.54, 1.807) is 0 Å². The number of guanidine groups is 1. The van der Waals surface area contributed by atoms with E-state index in [2.05, 4.69) is 24.2 Å². The third-order valence-electron chi connectivity index (χ3n) is 3.50. The summed E-state index contributed by atoms with van der Waals surface area (Å²) in [5, 5.41) is 3.18. The van der Waals surface area contributed by atoms with Crippen LogP contribution >= 0.6 is 24.0 Å². The van der Waals surface area contributed by atoms with Crippen LogP contribution in [0, 0.1) is 5.92 Å². The van der Waals surface area contributed by atoms with Crippen molar-refractivity contribution in [3.05, 3.63) is 0 Å². The van der Waals surface area contributed by atoms with E-state index < -0.39 is 0 Å². The molecular weight excluding hydrogens is 365 g/mol. The Morgan fingerprint density at radius 2 is 2.05 bits per heavy atom. The second-order valence-corrected chi connectivity index (χ2v) is 5.88. The van der Waals surface area contributed by atoms with E-state index in [9.17, 15) is 0 Å². The molecule has 3 N–H and O–H groups in total. The normalized spacial score (nSPS) is 19.1. The van der Waals surface area contributed by atoms with Gasteiger partial charge in [-0.25, -0.2) is 0 Å². The number of nitrogens with one attached hydrogen (secondary N) is 1. The minimum absolute atomic E-state index is 0. The van der Waals surface area contributed by atoms with Crippen molar-refractivity contribution >= 4 is 29.9 Å². The first-order valence-corrected chi connectivity index (χ1v) is 7.84. The molecule has 0 aromatic carbocycles. The molecule has 1 aliphatic rings. The van der Waals surface area contributed by atoms with Crippen LogP contribution in [0.3, 0.4) is 0 Å². The Morgan fingerprint density at radius 1 is 1.30 bits per heavy atom. The van der Waals surface area contributed by atoms with Gasteiger partial charge < -0.3 is 15.8 Å². The highest BCUT2D eigenvalue weighted by atomic mass is 127. The minimum Gasteiger partial charge on any atom is -0.376 e. The number of hydrogen-bond donors (Lipinski definition) is 2. The van der Waals surface area contributed by atoms with Crippen LogP contribution < -0.4 is 11.1 Å². The minimum atomic E-state index is 0. The van der Waals surface area contributed by atoms with Crippen molar-refractivity contribution in [2.45, 2.75) is 64.9 Å². The summed E-state index contributed by atoms with van der Waals surface area (Å²) in [6, 6.07) is 0. The maximum atomic E-state index is 5.82. The molecule has 0 aliphatic carbocycles. The maximum Gasteiger partial charge on any atom is 0.188 e. The van der Waals surface area contributed by atoms with Gasteiger partial charge in [-0.1, -0.05) is 39.5 Å². The predicted octanol–water partition coefficient (Wildman–Crippen LogP) is 3.29. The number of aliphatic imine (C=N–C) groups is 1. The summed E-state index contributed by atoms with van der Waals surface area (Å²) in [7, 11) is 0. The van der Waals surface area contributed by atoms with Crippen molar-refractivity contribution in [2.24, 2.45) is 16.6 Å². The van der Waals surface area contributed by atoms with Gasteiger partial charge in [0.1, 0.15) is 0 Å². The Bertz CT molecular complexity index is 254. The molecule has 0 bridgehead atoms. The van der Waals surface area contributed by atoms with Crippen molar-refractivity contribution in [2.75, 3.05) is 19.7 Å². The Labute approximate surface area is 141 Å². The number of nitrogens with two attached hydrogens (primary N) is 1. The molecule has 0 aromatic rings. The quantitative estimate of drug-likeness (QED) is 0.272. The molecule has 0 radical (unpaired) electrons. The fourth-order valence-electron chi connectivity index (χ4n) is 2.29. The molecule has 1 saturated heterocycles. The molecule has 1 aliphatic heterocycles. The summed E-state index contributed by atoms with van der Waals surface area (Å²) in [6.07, 6.45) is 9.03. The lowest BCUT2D eigenvalue weighted by Crippen LogP contribution is -2.33. The number of nitrogens with zero attached hydrogens (tertiary/aromatic N) is 1. The van der Waals surface area contributed by atoms with Crippen LogP contribution in [0.4, 0.5) is 0 Å². The Balaban J connectivity index is 0.00000361. The lowest BCUT2D eigenvalue weighted by Gasteiger charge is -2.08.